The maximum atomic E-state index is 10.6. The molecule has 3 nitrogen and oxygen atoms in total. The second-order valence-electron chi connectivity index (χ2n) is 3.01. The molecular weight excluding hydrogens is 226 g/mol. The van der Waals surface area contributed by atoms with Crippen LogP contribution in [0, 0.1) is 23.2 Å². The van der Waals surface area contributed by atoms with Gasteiger partial charge in [-0.25, -0.2) is 0 Å². The van der Waals surface area contributed by atoms with E-state index in [1.165, 1.54) is 0 Å². The van der Waals surface area contributed by atoms with Crippen LogP contribution in [0.2, 0.25) is 5.02 Å². The third-order valence-electron chi connectivity index (χ3n) is 1.80. The van der Waals surface area contributed by atoms with Crippen LogP contribution >= 0.6 is 11.6 Å². The van der Waals surface area contributed by atoms with E-state index < -0.39 is 5.97 Å². The topological polar surface area (TPSA) is 61.1 Å². The van der Waals surface area contributed by atoms with E-state index in [4.69, 9.17) is 22.0 Å². The van der Waals surface area contributed by atoms with Gasteiger partial charge in [-0.05, 0) is 17.7 Å². The smallest absolute Gasteiger partial charge is 0.307 e. The van der Waals surface area contributed by atoms with Crippen molar-refractivity contribution in [2.24, 2.45) is 0 Å². The molecule has 0 bridgehead atoms. The molecule has 0 aliphatic carbocycles. The van der Waals surface area contributed by atoms with Gasteiger partial charge < -0.3 is 5.11 Å². The highest BCUT2D eigenvalue weighted by Gasteiger charge is 2.05. The minimum absolute atomic E-state index is 0.103. The summed E-state index contributed by atoms with van der Waals surface area (Å²) in [6.45, 7) is 0. The maximum absolute atomic E-state index is 10.6. The number of nitrogens with zero attached hydrogens (tertiary/aromatic N) is 1. The Morgan fingerprint density at radius 2 is 2.25 bits per heavy atom. The first-order valence-corrected chi connectivity index (χ1v) is 4.87. The van der Waals surface area contributed by atoms with Crippen molar-refractivity contribution in [1.82, 2.24) is 0 Å². The molecule has 0 aliphatic heterocycles. The first-order valence-electron chi connectivity index (χ1n) is 4.49. The fourth-order valence-corrected chi connectivity index (χ4v) is 1.33. The molecule has 16 heavy (non-hydrogen) atoms. The van der Waals surface area contributed by atoms with Gasteiger partial charge in [0, 0.05) is 10.6 Å². The van der Waals surface area contributed by atoms with Gasteiger partial charge >= 0.3 is 5.97 Å². The zero-order chi connectivity index (χ0) is 12.0. The molecule has 1 N–H and O–H groups in total. The second kappa shape index (κ2) is 5.80. The van der Waals surface area contributed by atoms with Gasteiger partial charge in [-0.3, -0.25) is 4.79 Å². The Labute approximate surface area is 98.3 Å². The molecule has 0 heterocycles. The number of hydrogen-bond donors (Lipinski definition) is 1. The van der Waals surface area contributed by atoms with Crippen molar-refractivity contribution in [2.45, 2.75) is 12.8 Å². The summed E-state index contributed by atoms with van der Waals surface area (Å²) in [6, 6.07) is 6.74. The number of aliphatic carboxylic acids is 1. The number of nitriles is 1. The van der Waals surface area contributed by atoms with Gasteiger partial charge in [-0.15, -0.1) is 0 Å². The van der Waals surface area contributed by atoms with Crippen molar-refractivity contribution in [1.29, 1.82) is 5.26 Å². The standard InChI is InChI=1S/C12H8ClNO2/c13-11-5-4-10(8-12(15)16)9(7-11)3-1-2-6-14/h4-5,7H,2,8H2,(H,15,16). The molecule has 0 fully saturated rings. The summed E-state index contributed by atoms with van der Waals surface area (Å²) in [6.07, 6.45) is 0.00671. The van der Waals surface area contributed by atoms with E-state index in [0.29, 0.717) is 16.1 Å². The lowest BCUT2D eigenvalue weighted by molar-refractivity contribution is -0.136. The Kier molecular flexibility index (Phi) is 4.39. The zero-order valence-electron chi connectivity index (χ0n) is 8.33. The Balaban J connectivity index is 3.05. The molecular formula is C12H8ClNO2. The van der Waals surface area contributed by atoms with E-state index in [9.17, 15) is 4.79 Å². The Hall–Kier alpha value is -1.97. The lowest BCUT2D eigenvalue weighted by atomic mass is 10.0. The highest BCUT2D eigenvalue weighted by atomic mass is 35.5. The molecule has 1 aromatic rings. The third kappa shape index (κ3) is 3.65. The SMILES string of the molecule is N#CCC#Cc1cc(Cl)ccc1CC(=O)O. The Bertz CT molecular complexity index is 506. The highest BCUT2D eigenvalue weighted by molar-refractivity contribution is 6.30. The summed E-state index contributed by atoms with van der Waals surface area (Å²) >= 11 is 5.79. The van der Waals surface area contributed by atoms with Gasteiger partial charge in [0.1, 0.15) is 0 Å². The predicted molar refractivity (Wildman–Crippen MR) is 59.9 cm³/mol. The van der Waals surface area contributed by atoms with Crippen molar-refractivity contribution in [3.8, 4) is 17.9 Å². The van der Waals surface area contributed by atoms with Gasteiger partial charge in [-0.1, -0.05) is 29.5 Å². The molecule has 0 amide bonds. The van der Waals surface area contributed by atoms with Gasteiger partial charge in [0.2, 0.25) is 0 Å². The molecule has 0 atom stereocenters. The molecule has 0 saturated carbocycles. The fourth-order valence-electron chi connectivity index (χ4n) is 1.16. The first kappa shape index (κ1) is 12.1. The van der Waals surface area contributed by atoms with Gasteiger partial charge in [0.25, 0.3) is 0 Å². The maximum Gasteiger partial charge on any atom is 0.307 e. The van der Waals surface area contributed by atoms with Crippen LogP contribution in [-0.4, -0.2) is 11.1 Å². The number of carbonyl (C=O) groups is 1. The number of hydrogen-bond acceptors (Lipinski definition) is 2. The minimum atomic E-state index is -0.925. The minimum Gasteiger partial charge on any atom is -0.481 e. The number of carboxylic acid groups (broad SMARTS) is 1. The van der Waals surface area contributed by atoms with Crippen molar-refractivity contribution in [2.75, 3.05) is 0 Å². The molecule has 0 radical (unpaired) electrons. The molecule has 0 aliphatic rings. The Morgan fingerprint density at radius 3 is 2.88 bits per heavy atom. The van der Waals surface area contributed by atoms with Crippen molar-refractivity contribution in [3.05, 3.63) is 34.3 Å². The van der Waals surface area contributed by atoms with Crippen LogP contribution in [0.15, 0.2) is 18.2 Å². The van der Waals surface area contributed by atoms with E-state index in [1.54, 1.807) is 18.2 Å². The summed E-state index contributed by atoms with van der Waals surface area (Å²) in [5.74, 6) is 4.44. The first-order chi connectivity index (χ1) is 7.63. The van der Waals surface area contributed by atoms with Crippen LogP contribution in [0.4, 0.5) is 0 Å². The fraction of sp³-hybridized carbons (Fsp3) is 0.167. The van der Waals surface area contributed by atoms with Gasteiger partial charge in [0.15, 0.2) is 0 Å². The molecule has 80 valence electrons. The quantitative estimate of drug-likeness (QED) is 0.797. The van der Waals surface area contributed by atoms with E-state index in [1.807, 2.05) is 6.07 Å². The predicted octanol–water partition coefficient (Wildman–Crippen LogP) is 2.23. The number of carboxylic acids is 1. The molecule has 4 heteroatoms. The van der Waals surface area contributed by atoms with Crippen LogP contribution in [0.1, 0.15) is 17.5 Å². The van der Waals surface area contributed by atoms with Crippen LogP contribution in [0.25, 0.3) is 0 Å². The Morgan fingerprint density at radius 1 is 1.50 bits per heavy atom. The van der Waals surface area contributed by atoms with Crippen molar-refractivity contribution >= 4 is 17.6 Å². The van der Waals surface area contributed by atoms with Crippen molar-refractivity contribution in [3.63, 3.8) is 0 Å². The largest absolute Gasteiger partial charge is 0.481 e. The second-order valence-corrected chi connectivity index (χ2v) is 3.45. The normalized spacial score (nSPS) is 8.75. The highest BCUT2D eigenvalue weighted by Crippen LogP contribution is 2.16. The van der Waals surface area contributed by atoms with E-state index >= 15 is 0 Å². The summed E-state index contributed by atoms with van der Waals surface area (Å²) < 4.78 is 0. The van der Waals surface area contributed by atoms with Crippen LogP contribution < -0.4 is 0 Å². The molecule has 0 spiro atoms. The summed E-state index contributed by atoms with van der Waals surface area (Å²) in [4.78, 5) is 10.6. The van der Waals surface area contributed by atoms with Crippen LogP contribution in [0.3, 0.4) is 0 Å². The molecule has 0 unspecified atom stereocenters. The average Bonchev–Trinajstić information content (AvgIpc) is 2.22. The number of halogens is 1. The molecule has 0 aromatic heterocycles. The summed E-state index contributed by atoms with van der Waals surface area (Å²) in [7, 11) is 0. The number of rotatable bonds is 2. The lowest BCUT2D eigenvalue weighted by Gasteiger charge is -2.01. The number of benzene rings is 1. The van der Waals surface area contributed by atoms with E-state index in [0.717, 1.165) is 0 Å². The monoisotopic (exact) mass is 233 g/mol. The molecule has 1 aromatic carbocycles. The van der Waals surface area contributed by atoms with Crippen LogP contribution in [-0.2, 0) is 11.2 Å². The average molecular weight is 234 g/mol. The lowest BCUT2D eigenvalue weighted by Crippen LogP contribution is -2.02. The summed E-state index contributed by atoms with van der Waals surface area (Å²) in [5.41, 5.74) is 1.16. The van der Waals surface area contributed by atoms with Gasteiger partial charge in [0.05, 0.1) is 18.9 Å². The van der Waals surface area contributed by atoms with Gasteiger partial charge in [-0.2, -0.15) is 5.26 Å². The molecule has 0 saturated heterocycles. The van der Waals surface area contributed by atoms with Crippen LogP contribution in [0.5, 0.6) is 0 Å². The third-order valence-corrected chi connectivity index (χ3v) is 2.04. The summed E-state index contributed by atoms with van der Waals surface area (Å²) in [5, 5.41) is 17.5. The van der Waals surface area contributed by atoms with E-state index in [-0.39, 0.29) is 12.8 Å². The zero-order valence-corrected chi connectivity index (χ0v) is 9.08. The molecule has 1 rings (SSSR count). The van der Waals surface area contributed by atoms with Crippen molar-refractivity contribution < 1.29 is 9.90 Å². The van der Waals surface area contributed by atoms with E-state index in [2.05, 4.69) is 11.8 Å².